The molecule has 0 spiro atoms. The summed E-state index contributed by atoms with van der Waals surface area (Å²) >= 11 is 0. The van der Waals surface area contributed by atoms with Crippen LogP contribution >= 0.6 is 0 Å². The van der Waals surface area contributed by atoms with Gasteiger partial charge in [0.1, 0.15) is 0 Å². The Morgan fingerprint density at radius 3 is 2.88 bits per heavy atom. The zero-order valence-corrected chi connectivity index (χ0v) is 10.5. The number of fused-ring (bicyclic) bond motifs is 1. The van der Waals surface area contributed by atoms with E-state index in [1.165, 1.54) is 65.0 Å². The Bertz CT molecular complexity index is 250. The van der Waals surface area contributed by atoms with E-state index in [4.69, 9.17) is 0 Å². The van der Waals surface area contributed by atoms with Crippen molar-refractivity contribution in [1.82, 2.24) is 15.1 Å². The third-order valence-electron chi connectivity index (χ3n) is 4.74. The zero-order chi connectivity index (χ0) is 11.0. The SMILES string of the molecule is CNCC1(CN2CCN3CCCC3C2)CC1. The minimum atomic E-state index is 0.648. The fraction of sp³-hybridized carbons (Fsp3) is 1.00. The van der Waals surface area contributed by atoms with Gasteiger partial charge < -0.3 is 5.32 Å². The van der Waals surface area contributed by atoms with Crippen LogP contribution in [0.2, 0.25) is 0 Å². The van der Waals surface area contributed by atoms with Gasteiger partial charge in [0, 0.05) is 38.8 Å². The summed E-state index contributed by atoms with van der Waals surface area (Å²) in [4.78, 5) is 5.44. The molecule has 2 heterocycles. The van der Waals surface area contributed by atoms with E-state index in [1.807, 2.05) is 0 Å². The van der Waals surface area contributed by atoms with Crippen LogP contribution in [-0.2, 0) is 0 Å². The van der Waals surface area contributed by atoms with E-state index < -0.39 is 0 Å². The summed E-state index contributed by atoms with van der Waals surface area (Å²) in [5, 5.41) is 3.37. The topological polar surface area (TPSA) is 18.5 Å². The lowest BCUT2D eigenvalue weighted by atomic mass is 10.0. The van der Waals surface area contributed by atoms with Crippen LogP contribution in [-0.4, -0.2) is 62.2 Å². The average molecular weight is 223 g/mol. The maximum atomic E-state index is 3.37. The maximum Gasteiger partial charge on any atom is 0.0224 e. The quantitative estimate of drug-likeness (QED) is 0.759. The first-order valence-electron chi connectivity index (χ1n) is 6.92. The normalized spacial score (nSPS) is 33.9. The van der Waals surface area contributed by atoms with E-state index in [0.29, 0.717) is 5.41 Å². The highest BCUT2D eigenvalue weighted by atomic mass is 15.3. The second-order valence-electron chi connectivity index (χ2n) is 6.10. The van der Waals surface area contributed by atoms with Gasteiger partial charge in [-0.2, -0.15) is 0 Å². The third-order valence-corrected chi connectivity index (χ3v) is 4.74. The van der Waals surface area contributed by atoms with Crippen molar-refractivity contribution < 1.29 is 0 Å². The van der Waals surface area contributed by atoms with Crippen LogP contribution in [0.4, 0.5) is 0 Å². The predicted molar refractivity (Wildman–Crippen MR) is 66.6 cm³/mol. The molecule has 92 valence electrons. The van der Waals surface area contributed by atoms with Gasteiger partial charge in [-0.3, -0.25) is 9.80 Å². The molecule has 3 rings (SSSR count). The number of nitrogens with one attached hydrogen (secondary N) is 1. The Balaban J connectivity index is 1.52. The van der Waals surface area contributed by atoms with Crippen LogP contribution in [0, 0.1) is 5.41 Å². The summed E-state index contributed by atoms with van der Waals surface area (Å²) in [6.45, 7) is 7.89. The molecule has 1 N–H and O–H groups in total. The first-order valence-corrected chi connectivity index (χ1v) is 6.92. The van der Waals surface area contributed by atoms with E-state index in [-0.39, 0.29) is 0 Å². The predicted octanol–water partition coefficient (Wildman–Crippen LogP) is 0.766. The van der Waals surface area contributed by atoms with E-state index in [9.17, 15) is 0 Å². The molecule has 0 radical (unpaired) electrons. The molecule has 1 atom stereocenters. The lowest BCUT2D eigenvalue weighted by Gasteiger charge is -2.39. The zero-order valence-electron chi connectivity index (χ0n) is 10.5. The van der Waals surface area contributed by atoms with E-state index >= 15 is 0 Å². The van der Waals surface area contributed by atoms with Crippen LogP contribution < -0.4 is 5.32 Å². The molecular formula is C13H25N3. The Morgan fingerprint density at radius 1 is 1.25 bits per heavy atom. The molecule has 1 aliphatic carbocycles. The molecule has 2 saturated heterocycles. The maximum absolute atomic E-state index is 3.37. The highest BCUT2D eigenvalue weighted by Gasteiger charge is 2.44. The van der Waals surface area contributed by atoms with Gasteiger partial charge in [0.25, 0.3) is 0 Å². The minimum Gasteiger partial charge on any atom is -0.319 e. The van der Waals surface area contributed by atoms with E-state index in [0.717, 1.165) is 6.04 Å². The van der Waals surface area contributed by atoms with Crippen LogP contribution in [0.1, 0.15) is 25.7 Å². The summed E-state index contributed by atoms with van der Waals surface area (Å²) in [6, 6.07) is 0.888. The molecule has 3 nitrogen and oxygen atoms in total. The van der Waals surface area contributed by atoms with Crippen molar-refractivity contribution in [3.8, 4) is 0 Å². The van der Waals surface area contributed by atoms with Gasteiger partial charge in [-0.15, -0.1) is 0 Å². The molecule has 1 unspecified atom stereocenters. The largest absolute Gasteiger partial charge is 0.319 e. The molecule has 3 heteroatoms. The molecule has 3 fully saturated rings. The molecule has 0 aromatic heterocycles. The Morgan fingerprint density at radius 2 is 2.12 bits per heavy atom. The highest BCUT2D eigenvalue weighted by Crippen LogP contribution is 2.45. The van der Waals surface area contributed by atoms with Crippen molar-refractivity contribution in [2.24, 2.45) is 5.41 Å². The molecule has 16 heavy (non-hydrogen) atoms. The number of piperazine rings is 1. The fourth-order valence-corrected chi connectivity index (χ4v) is 3.62. The van der Waals surface area contributed by atoms with Gasteiger partial charge in [-0.05, 0) is 44.7 Å². The van der Waals surface area contributed by atoms with Gasteiger partial charge in [-0.25, -0.2) is 0 Å². The Labute approximate surface area is 99.2 Å². The van der Waals surface area contributed by atoms with Gasteiger partial charge >= 0.3 is 0 Å². The fourth-order valence-electron chi connectivity index (χ4n) is 3.62. The van der Waals surface area contributed by atoms with Crippen LogP contribution in [0.15, 0.2) is 0 Å². The standard InChI is InChI=1S/C13H25N3/c1-14-10-13(4-5-13)11-15-7-8-16-6-2-3-12(16)9-15/h12,14H,2-11H2,1H3. The van der Waals surface area contributed by atoms with Crippen molar-refractivity contribution in [2.75, 3.05) is 46.3 Å². The second kappa shape index (κ2) is 4.28. The summed E-state index contributed by atoms with van der Waals surface area (Å²) in [7, 11) is 2.09. The number of hydrogen-bond donors (Lipinski definition) is 1. The van der Waals surface area contributed by atoms with Gasteiger partial charge in [0.15, 0.2) is 0 Å². The minimum absolute atomic E-state index is 0.648. The van der Waals surface area contributed by atoms with Gasteiger partial charge in [0.05, 0.1) is 0 Å². The van der Waals surface area contributed by atoms with E-state index in [2.05, 4.69) is 22.2 Å². The van der Waals surface area contributed by atoms with Crippen molar-refractivity contribution in [1.29, 1.82) is 0 Å². The molecule has 0 aromatic carbocycles. The lowest BCUT2D eigenvalue weighted by molar-refractivity contribution is 0.0878. The number of rotatable bonds is 4. The van der Waals surface area contributed by atoms with Crippen LogP contribution in [0.5, 0.6) is 0 Å². The van der Waals surface area contributed by atoms with Gasteiger partial charge in [-0.1, -0.05) is 0 Å². The second-order valence-corrected chi connectivity index (χ2v) is 6.10. The smallest absolute Gasteiger partial charge is 0.0224 e. The van der Waals surface area contributed by atoms with Crippen molar-refractivity contribution in [2.45, 2.75) is 31.7 Å². The summed E-state index contributed by atoms with van der Waals surface area (Å²) in [6.07, 6.45) is 5.76. The third kappa shape index (κ3) is 2.13. The monoisotopic (exact) mass is 223 g/mol. The molecule has 0 amide bonds. The molecule has 2 aliphatic heterocycles. The first-order chi connectivity index (χ1) is 7.81. The van der Waals surface area contributed by atoms with Crippen molar-refractivity contribution in [3.63, 3.8) is 0 Å². The summed E-state index contributed by atoms with van der Waals surface area (Å²) in [5.74, 6) is 0. The Kier molecular flexibility index (Phi) is 2.94. The molecule has 0 bridgehead atoms. The van der Waals surface area contributed by atoms with Crippen LogP contribution in [0.25, 0.3) is 0 Å². The Hall–Kier alpha value is -0.120. The molecule has 1 saturated carbocycles. The lowest BCUT2D eigenvalue weighted by Crippen LogP contribution is -2.52. The van der Waals surface area contributed by atoms with E-state index in [1.54, 1.807) is 0 Å². The molecular weight excluding hydrogens is 198 g/mol. The molecule has 0 aromatic rings. The summed E-state index contributed by atoms with van der Waals surface area (Å²) < 4.78 is 0. The van der Waals surface area contributed by atoms with Gasteiger partial charge in [0.2, 0.25) is 0 Å². The highest BCUT2D eigenvalue weighted by molar-refractivity contribution is 4.98. The first kappa shape index (κ1) is 11.0. The number of hydrogen-bond acceptors (Lipinski definition) is 3. The summed E-state index contributed by atoms with van der Waals surface area (Å²) in [5.41, 5.74) is 0.648. The van der Waals surface area contributed by atoms with Crippen LogP contribution in [0.3, 0.4) is 0 Å². The molecule has 3 aliphatic rings. The van der Waals surface area contributed by atoms with Crippen molar-refractivity contribution >= 4 is 0 Å². The van der Waals surface area contributed by atoms with Crippen molar-refractivity contribution in [3.05, 3.63) is 0 Å². The average Bonchev–Trinajstić information content (AvgIpc) is 2.87. The number of nitrogens with zero attached hydrogens (tertiary/aromatic N) is 2.